The van der Waals surface area contributed by atoms with Gasteiger partial charge in [-0.05, 0) is 74.1 Å². The number of carbonyl (C=O) groups is 1. The summed E-state index contributed by atoms with van der Waals surface area (Å²) >= 11 is 0. The van der Waals surface area contributed by atoms with Crippen molar-refractivity contribution < 1.29 is 24.1 Å². The Morgan fingerprint density at radius 3 is 2.66 bits per heavy atom. The summed E-state index contributed by atoms with van der Waals surface area (Å²) in [5, 5.41) is 6.81. The molecule has 0 unspecified atom stereocenters. The maximum atomic E-state index is 14.1. The van der Waals surface area contributed by atoms with E-state index in [4.69, 9.17) is 10.6 Å². The Kier molecular flexibility index (Phi) is 7.15. The molecule has 1 atom stereocenters. The van der Waals surface area contributed by atoms with Gasteiger partial charge in [0.05, 0.1) is 31.4 Å². The second-order valence-corrected chi connectivity index (χ2v) is 10.8. The van der Waals surface area contributed by atoms with Gasteiger partial charge in [-0.15, -0.1) is 0 Å². The summed E-state index contributed by atoms with van der Waals surface area (Å²) < 4.78 is 47.8. The van der Waals surface area contributed by atoms with E-state index in [9.17, 15) is 18.0 Å². The third kappa shape index (κ3) is 5.25. The van der Waals surface area contributed by atoms with Crippen LogP contribution >= 0.6 is 0 Å². The van der Waals surface area contributed by atoms with Gasteiger partial charge in [-0.3, -0.25) is 10.6 Å². The lowest BCUT2D eigenvalue weighted by Crippen LogP contribution is -2.47. The highest BCUT2D eigenvalue weighted by atomic mass is 19.4. The number of halogens is 3. The molecule has 206 valence electrons. The molecular weight excluding hydrogens is 495 g/mol. The molecule has 7 nitrogen and oxygen atoms in total. The third-order valence-electron chi connectivity index (χ3n) is 7.94. The van der Waals surface area contributed by atoms with Crippen molar-refractivity contribution in [3.63, 3.8) is 0 Å². The number of nitrogens with one attached hydrogen (secondary N) is 3. The summed E-state index contributed by atoms with van der Waals surface area (Å²) in [5.41, 5.74) is 4.64. The number of nitrogens with zero attached hydrogens (tertiary/aromatic N) is 1. The predicted octanol–water partition coefficient (Wildman–Crippen LogP) is 4.75. The van der Waals surface area contributed by atoms with Crippen LogP contribution in [-0.4, -0.2) is 24.7 Å². The molecule has 3 aliphatic rings. The van der Waals surface area contributed by atoms with Gasteiger partial charge in [0.15, 0.2) is 0 Å². The highest BCUT2D eigenvalue weighted by molar-refractivity contribution is 6.10. The molecule has 38 heavy (non-hydrogen) atoms. The van der Waals surface area contributed by atoms with Gasteiger partial charge < -0.3 is 25.7 Å². The Bertz CT molecular complexity index is 1240. The second-order valence-electron chi connectivity index (χ2n) is 10.8. The molecule has 2 aliphatic heterocycles. The van der Waals surface area contributed by atoms with Gasteiger partial charge in [-0.1, -0.05) is 12.1 Å². The first-order valence-electron chi connectivity index (χ1n) is 12.9. The van der Waals surface area contributed by atoms with Crippen LogP contribution in [0.5, 0.6) is 0 Å². The van der Waals surface area contributed by atoms with Gasteiger partial charge in [0.1, 0.15) is 0 Å². The Labute approximate surface area is 222 Å². The normalized spacial score (nSPS) is 20.0. The average molecular weight is 532 g/mol. The van der Waals surface area contributed by atoms with E-state index in [0.717, 1.165) is 30.5 Å². The Balaban J connectivity index is 0.00000353. The monoisotopic (exact) mass is 531 g/mol. The summed E-state index contributed by atoms with van der Waals surface area (Å²) in [7, 11) is 0. The highest BCUT2D eigenvalue weighted by Gasteiger charge is 2.41. The summed E-state index contributed by atoms with van der Waals surface area (Å²) in [5.74, 6) is 5.21. The van der Waals surface area contributed by atoms with Crippen molar-refractivity contribution in [3.8, 4) is 0 Å². The van der Waals surface area contributed by atoms with Crippen LogP contribution in [0.25, 0.3) is 0 Å². The molecule has 5 N–H and O–H groups in total. The summed E-state index contributed by atoms with van der Waals surface area (Å²) in [6.07, 6.45) is 0.187. The number of benzene rings is 2. The minimum Gasteiger partial charge on any atom is -0.381 e. The van der Waals surface area contributed by atoms with Crippen LogP contribution in [0.3, 0.4) is 0 Å². The average Bonchev–Trinajstić information content (AvgIpc) is 3.15. The third-order valence-corrected chi connectivity index (χ3v) is 7.94. The topological polar surface area (TPSA) is 91.6 Å². The van der Waals surface area contributed by atoms with Gasteiger partial charge in [-0.25, -0.2) is 0 Å². The first kappa shape index (κ1) is 26.5. The zero-order chi connectivity index (χ0) is 27.1. The molecule has 2 fully saturated rings. The number of allylic oxidation sites excluding steroid dienone is 1. The first-order chi connectivity index (χ1) is 18.1. The zero-order valence-corrected chi connectivity index (χ0v) is 21.6. The molecule has 10 heteroatoms. The van der Waals surface area contributed by atoms with Crippen LogP contribution in [0.2, 0.25) is 0 Å². The first-order valence-corrected chi connectivity index (χ1v) is 12.9. The molecule has 0 spiro atoms. The lowest BCUT2D eigenvalue weighted by molar-refractivity contribution is -0.138. The van der Waals surface area contributed by atoms with E-state index in [1.54, 1.807) is 18.3 Å². The number of rotatable bonds is 9. The molecule has 1 amide bonds. The van der Waals surface area contributed by atoms with Crippen LogP contribution in [0, 0.1) is 5.92 Å². The number of carbonyl (C=O) groups excluding carboxylic acids is 1. The van der Waals surface area contributed by atoms with Crippen LogP contribution in [0.15, 0.2) is 48.3 Å². The van der Waals surface area contributed by atoms with Crippen LogP contribution in [0.4, 0.5) is 18.9 Å². The van der Waals surface area contributed by atoms with E-state index >= 15 is 0 Å². The van der Waals surface area contributed by atoms with Gasteiger partial charge >= 0.3 is 6.18 Å². The van der Waals surface area contributed by atoms with Gasteiger partial charge in [0, 0.05) is 42.6 Å². The molecule has 2 heterocycles. The van der Waals surface area contributed by atoms with Crippen LogP contribution in [-0.2, 0) is 24.0 Å². The lowest BCUT2D eigenvalue weighted by Gasteiger charge is -2.39. The maximum Gasteiger partial charge on any atom is 0.416 e. The number of alkyl halides is 3. The molecule has 2 aromatic rings. The van der Waals surface area contributed by atoms with Crippen molar-refractivity contribution in [1.29, 1.82) is 0 Å². The van der Waals surface area contributed by atoms with Crippen LogP contribution < -0.4 is 26.8 Å². The molecule has 0 bridgehead atoms. The maximum absolute atomic E-state index is 14.1. The largest absolute Gasteiger partial charge is 0.416 e. The fourth-order valence-electron chi connectivity index (χ4n) is 5.45. The zero-order valence-electron chi connectivity index (χ0n) is 21.6. The second kappa shape index (κ2) is 10.2. The van der Waals surface area contributed by atoms with E-state index in [2.05, 4.69) is 23.0 Å². The summed E-state index contributed by atoms with van der Waals surface area (Å²) in [6.45, 7) is 5.30. The number of anilines is 1. The molecule has 1 saturated heterocycles. The van der Waals surface area contributed by atoms with Crippen molar-refractivity contribution in [1.82, 2.24) is 16.1 Å². The van der Waals surface area contributed by atoms with E-state index in [1.807, 2.05) is 25.1 Å². The molecule has 0 aromatic heterocycles. The molecule has 2 aromatic carbocycles. The van der Waals surface area contributed by atoms with Crippen molar-refractivity contribution in [2.24, 2.45) is 11.8 Å². The molecule has 1 saturated carbocycles. The van der Waals surface area contributed by atoms with Crippen molar-refractivity contribution >= 4 is 11.6 Å². The number of hydrazine groups is 1. The Hall–Kier alpha value is -3.08. The number of amides is 1. The minimum atomic E-state index is -4.56. The summed E-state index contributed by atoms with van der Waals surface area (Å²) in [4.78, 5) is 15.0. The predicted molar refractivity (Wildman–Crippen MR) is 141 cm³/mol. The fourth-order valence-corrected chi connectivity index (χ4v) is 5.45. The smallest absolute Gasteiger partial charge is 0.381 e. The Morgan fingerprint density at radius 2 is 2.05 bits per heavy atom. The molecule has 0 radical (unpaired) electrons. The standard InChI is InChI=1S/C28H34F3N5O2.H2/c1-17(12-34-32)35-25(20-15-38-16-20)19-5-3-6-21(11-19)36-14-23-22(26(36)37)9-18(10-24(23)28(29,30)31)13-33-27(2)7-4-8-27;/h3,5-6,9-12,20,25,33-35H,4,7-8,13-16,32H2,1-2H3;1H/b17-12-;/t25-;/m0./s1. The quantitative estimate of drug-likeness (QED) is 0.276. The van der Waals surface area contributed by atoms with Crippen molar-refractivity contribution in [2.45, 2.75) is 64.0 Å². The van der Waals surface area contributed by atoms with E-state index < -0.39 is 17.6 Å². The van der Waals surface area contributed by atoms with Crippen molar-refractivity contribution in [3.05, 3.63) is 76.1 Å². The fraction of sp³-hybridized carbons (Fsp3) is 0.464. The number of hydrogen-bond donors (Lipinski definition) is 4. The van der Waals surface area contributed by atoms with Crippen molar-refractivity contribution in [2.75, 3.05) is 18.1 Å². The highest BCUT2D eigenvalue weighted by Crippen LogP contribution is 2.41. The van der Waals surface area contributed by atoms with Crippen LogP contribution in [0.1, 0.15) is 73.2 Å². The van der Waals surface area contributed by atoms with E-state index in [1.165, 1.54) is 11.0 Å². The molecular formula is C28H36F3N5O2. The summed E-state index contributed by atoms with van der Waals surface area (Å²) in [6, 6.07) is 10.1. The minimum absolute atomic E-state index is 0. The number of hydrogen-bond acceptors (Lipinski definition) is 6. The van der Waals surface area contributed by atoms with Gasteiger partial charge in [-0.2, -0.15) is 13.2 Å². The molecule has 5 rings (SSSR count). The SMILES string of the molecule is C/C(=C/NN)N[C@@H](c1cccc(N2Cc3c(cc(CNC4(C)CCC4)cc3C(F)(F)F)C2=O)c1)C1COC1.[HH]. The van der Waals surface area contributed by atoms with Gasteiger partial charge in [0.2, 0.25) is 0 Å². The number of fused-ring (bicyclic) bond motifs is 1. The number of ether oxygens (including phenoxy) is 1. The van der Waals surface area contributed by atoms with E-state index in [0.29, 0.717) is 24.5 Å². The lowest BCUT2D eigenvalue weighted by atomic mass is 9.78. The molecule has 1 aliphatic carbocycles. The van der Waals surface area contributed by atoms with E-state index in [-0.39, 0.29) is 43.1 Å². The number of nitrogens with two attached hydrogens (primary N) is 1. The Morgan fingerprint density at radius 1 is 1.29 bits per heavy atom. The van der Waals surface area contributed by atoms with Gasteiger partial charge in [0.25, 0.3) is 5.91 Å².